The summed E-state index contributed by atoms with van der Waals surface area (Å²) in [6.07, 6.45) is 3.45. The zero-order valence-electron chi connectivity index (χ0n) is 12.5. The molecule has 0 radical (unpaired) electrons. The first kappa shape index (κ1) is 14.7. The monoisotopic (exact) mass is 297 g/mol. The highest BCUT2D eigenvalue weighted by molar-refractivity contribution is 5.88. The molecule has 5 heteroatoms. The molecule has 2 heterocycles. The van der Waals surface area contributed by atoms with Gasteiger partial charge in [0.25, 0.3) is 0 Å². The van der Waals surface area contributed by atoms with Crippen LogP contribution in [-0.4, -0.2) is 27.6 Å². The first-order chi connectivity index (χ1) is 10.6. The molecule has 1 fully saturated rings. The van der Waals surface area contributed by atoms with E-state index in [9.17, 15) is 4.79 Å². The number of aromatic carboxylic acids is 1. The van der Waals surface area contributed by atoms with Gasteiger partial charge in [-0.2, -0.15) is 0 Å². The van der Waals surface area contributed by atoms with Gasteiger partial charge in [0, 0.05) is 11.3 Å². The summed E-state index contributed by atoms with van der Waals surface area (Å²) in [6.45, 7) is 2.97. The molecular weight excluding hydrogens is 278 g/mol. The van der Waals surface area contributed by atoms with Crippen LogP contribution in [0.1, 0.15) is 47.2 Å². The van der Waals surface area contributed by atoms with E-state index in [0.717, 1.165) is 35.7 Å². The molecule has 0 saturated carbocycles. The highest BCUT2D eigenvalue weighted by Crippen LogP contribution is 2.24. The molecule has 1 aliphatic rings. The maximum Gasteiger partial charge on any atom is 0.335 e. The van der Waals surface area contributed by atoms with Gasteiger partial charge in [-0.05, 0) is 44.5 Å². The number of hydrogen-bond acceptors (Lipinski definition) is 4. The van der Waals surface area contributed by atoms with Crippen LogP contribution in [-0.2, 0) is 0 Å². The average molecular weight is 297 g/mol. The summed E-state index contributed by atoms with van der Waals surface area (Å²) in [5, 5.41) is 12.4. The summed E-state index contributed by atoms with van der Waals surface area (Å²) in [5.74, 6) is -0.0884. The van der Waals surface area contributed by atoms with Crippen LogP contribution in [0, 0.1) is 6.92 Å². The smallest absolute Gasteiger partial charge is 0.335 e. The fraction of sp³-hybridized carbons (Fsp3) is 0.353. The maximum absolute atomic E-state index is 10.9. The van der Waals surface area contributed by atoms with Crippen LogP contribution >= 0.6 is 0 Å². The van der Waals surface area contributed by atoms with Crippen molar-refractivity contribution in [2.45, 2.75) is 32.2 Å². The number of nitrogens with zero attached hydrogens (tertiary/aromatic N) is 2. The minimum absolute atomic E-state index is 0.214. The van der Waals surface area contributed by atoms with Gasteiger partial charge in [-0.1, -0.05) is 18.6 Å². The molecule has 2 N–H and O–H groups in total. The van der Waals surface area contributed by atoms with Crippen LogP contribution in [0.25, 0.3) is 11.3 Å². The lowest BCUT2D eigenvalue weighted by molar-refractivity contribution is 0.0697. The van der Waals surface area contributed by atoms with Crippen LogP contribution in [0.5, 0.6) is 0 Å². The molecule has 1 unspecified atom stereocenters. The van der Waals surface area contributed by atoms with E-state index in [1.54, 1.807) is 24.3 Å². The van der Waals surface area contributed by atoms with Crippen LogP contribution in [0.2, 0.25) is 0 Å². The van der Waals surface area contributed by atoms with Crippen LogP contribution < -0.4 is 5.32 Å². The summed E-state index contributed by atoms with van der Waals surface area (Å²) in [7, 11) is 0. The van der Waals surface area contributed by atoms with Gasteiger partial charge in [-0.25, -0.2) is 14.8 Å². The molecule has 0 bridgehead atoms. The van der Waals surface area contributed by atoms with E-state index < -0.39 is 5.97 Å². The van der Waals surface area contributed by atoms with E-state index in [0.29, 0.717) is 0 Å². The molecule has 0 amide bonds. The third kappa shape index (κ3) is 3.14. The van der Waals surface area contributed by atoms with Crippen LogP contribution in [0.4, 0.5) is 0 Å². The van der Waals surface area contributed by atoms with E-state index in [1.165, 1.54) is 12.8 Å². The molecule has 0 spiro atoms. The Balaban J connectivity index is 1.92. The molecule has 0 aliphatic carbocycles. The lowest BCUT2D eigenvalue weighted by Gasteiger charge is -2.22. The van der Waals surface area contributed by atoms with Gasteiger partial charge in [0.1, 0.15) is 5.82 Å². The number of carboxylic acids is 1. The quantitative estimate of drug-likeness (QED) is 0.911. The first-order valence-corrected chi connectivity index (χ1v) is 7.56. The lowest BCUT2D eigenvalue weighted by Crippen LogP contribution is -2.28. The van der Waals surface area contributed by atoms with Gasteiger partial charge >= 0.3 is 5.97 Å². The number of piperidine rings is 1. The molecule has 22 heavy (non-hydrogen) atoms. The highest BCUT2D eigenvalue weighted by atomic mass is 16.4. The number of aryl methyl sites for hydroxylation is 1. The van der Waals surface area contributed by atoms with Crippen molar-refractivity contribution in [2.75, 3.05) is 6.54 Å². The normalized spacial score (nSPS) is 18.1. The van der Waals surface area contributed by atoms with Gasteiger partial charge in [-0.3, -0.25) is 0 Å². The molecule has 5 nitrogen and oxygen atoms in total. The van der Waals surface area contributed by atoms with Gasteiger partial charge in [0.05, 0.1) is 17.3 Å². The molecular formula is C17H19N3O2. The fourth-order valence-electron chi connectivity index (χ4n) is 2.75. The van der Waals surface area contributed by atoms with Crippen LogP contribution in [0.3, 0.4) is 0 Å². The zero-order chi connectivity index (χ0) is 15.5. The first-order valence-electron chi connectivity index (χ1n) is 7.56. The minimum atomic E-state index is -0.919. The predicted molar refractivity (Wildman–Crippen MR) is 83.8 cm³/mol. The van der Waals surface area contributed by atoms with E-state index in [1.807, 2.05) is 13.0 Å². The number of rotatable bonds is 3. The van der Waals surface area contributed by atoms with Gasteiger partial charge in [-0.15, -0.1) is 0 Å². The Hall–Kier alpha value is -2.27. The highest BCUT2D eigenvalue weighted by Gasteiger charge is 2.18. The third-order valence-electron chi connectivity index (χ3n) is 3.92. The van der Waals surface area contributed by atoms with Crippen molar-refractivity contribution in [2.24, 2.45) is 0 Å². The van der Waals surface area contributed by atoms with Crippen molar-refractivity contribution in [1.82, 2.24) is 15.3 Å². The second-order valence-electron chi connectivity index (χ2n) is 5.64. The number of carbonyl (C=O) groups is 1. The minimum Gasteiger partial charge on any atom is -0.478 e. The van der Waals surface area contributed by atoms with Crippen LogP contribution in [0.15, 0.2) is 30.3 Å². The number of nitrogens with one attached hydrogen (secondary N) is 1. The zero-order valence-corrected chi connectivity index (χ0v) is 12.5. The summed E-state index contributed by atoms with van der Waals surface area (Å²) < 4.78 is 0. The van der Waals surface area contributed by atoms with Crippen molar-refractivity contribution >= 4 is 5.97 Å². The Labute approximate surface area is 129 Å². The van der Waals surface area contributed by atoms with E-state index >= 15 is 0 Å². The van der Waals surface area contributed by atoms with Crippen molar-refractivity contribution in [3.63, 3.8) is 0 Å². The van der Waals surface area contributed by atoms with Crippen molar-refractivity contribution < 1.29 is 9.90 Å². The Kier molecular flexibility index (Phi) is 4.15. The SMILES string of the molecule is Cc1cc(-c2ccc(C(=O)O)cc2)nc(C2CCCCN2)n1. The predicted octanol–water partition coefficient (Wildman–Crippen LogP) is 2.96. The molecule has 1 aliphatic heterocycles. The van der Waals surface area contributed by atoms with E-state index in [-0.39, 0.29) is 11.6 Å². The topological polar surface area (TPSA) is 75.1 Å². The molecule has 2 aromatic rings. The molecule has 114 valence electrons. The molecule has 1 atom stereocenters. The summed E-state index contributed by atoms with van der Waals surface area (Å²) in [5.41, 5.74) is 2.96. The molecule has 1 saturated heterocycles. The second-order valence-corrected chi connectivity index (χ2v) is 5.64. The average Bonchev–Trinajstić information content (AvgIpc) is 2.55. The molecule has 1 aromatic heterocycles. The van der Waals surface area contributed by atoms with Gasteiger partial charge < -0.3 is 10.4 Å². The number of carboxylic acid groups (broad SMARTS) is 1. The number of benzene rings is 1. The standard InChI is InChI=1S/C17H19N3O2/c1-11-10-15(12-5-7-13(8-6-12)17(21)22)20-16(19-11)14-4-2-3-9-18-14/h5-8,10,14,18H,2-4,9H2,1H3,(H,21,22). The maximum atomic E-state index is 10.9. The summed E-state index contributed by atoms with van der Waals surface area (Å²) in [6, 6.07) is 8.95. The largest absolute Gasteiger partial charge is 0.478 e. The van der Waals surface area contributed by atoms with E-state index in [2.05, 4.69) is 15.3 Å². The fourth-order valence-corrected chi connectivity index (χ4v) is 2.75. The second kappa shape index (κ2) is 6.23. The van der Waals surface area contributed by atoms with Crippen molar-refractivity contribution in [3.05, 3.63) is 47.4 Å². The Morgan fingerprint density at radius 3 is 2.64 bits per heavy atom. The van der Waals surface area contributed by atoms with Crippen molar-refractivity contribution in [3.8, 4) is 11.3 Å². The summed E-state index contributed by atoms with van der Waals surface area (Å²) in [4.78, 5) is 20.2. The Morgan fingerprint density at radius 2 is 2.00 bits per heavy atom. The Bertz CT molecular complexity index is 677. The third-order valence-corrected chi connectivity index (χ3v) is 3.92. The number of hydrogen-bond donors (Lipinski definition) is 2. The Morgan fingerprint density at radius 1 is 1.23 bits per heavy atom. The molecule has 3 rings (SSSR count). The van der Waals surface area contributed by atoms with Crippen molar-refractivity contribution in [1.29, 1.82) is 0 Å². The van der Waals surface area contributed by atoms with E-state index in [4.69, 9.17) is 5.11 Å². The summed E-state index contributed by atoms with van der Waals surface area (Å²) >= 11 is 0. The number of aromatic nitrogens is 2. The lowest BCUT2D eigenvalue weighted by atomic mass is 10.0. The molecule has 1 aromatic carbocycles. The van der Waals surface area contributed by atoms with Gasteiger partial charge in [0.15, 0.2) is 0 Å². The van der Waals surface area contributed by atoms with Gasteiger partial charge in [0.2, 0.25) is 0 Å².